The molecule has 0 saturated carbocycles. The quantitative estimate of drug-likeness (QED) is 0.832. The molecule has 19 heavy (non-hydrogen) atoms. The van der Waals surface area contributed by atoms with Crippen molar-refractivity contribution >= 4 is 0 Å². The Morgan fingerprint density at radius 3 is 2.00 bits per heavy atom. The molecule has 2 aromatic carbocycles. The van der Waals surface area contributed by atoms with E-state index in [-0.39, 0.29) is 0 Å². The van der Waals surface area contributed by atoms with E-state index in [4.69, 9.17) is 0 Å². The Kier molecular flexibility index (Phi) is 4.72. The van der Waals surface area contributed by atoms with Crippen LogP contribution in [-0.2, 0) is 13.0 Å². The van der Waals surface area contributed by atoms with E-state index in [2.05, 4.69) is 17.4 Å². The first kappa shape index (κ1) is 13.8. The molecule has 2 rings (SSSR count). The Bertz CT molecular complexity index is 479. The molecule has 2 N–H and O–H groups in total. The summed E-state index contributed by atoms with van der Waals surface area (Å²) in [4.78, 5) is 0. The van der Waals surface area contributed by atoms with Crippen molar-refractivity contribution in [3.63, 3.8) is 0 Å². The van der Waals surface area contributed by atoms with Crippen LogP contribution >= 0.6 is 0 Å². The average Bonchev–Trinajstić information content (AvgIpc) is 2.40. The minimum Gasteiger partial charge on any atom is -0.389 e. The van der Waals surface area contributed by atoms with Gasteiger partial charge in [-0.15, -0.1) is 0 Å². The first-order valence-electron chi connectivity index (χ1n) is 6.67. The highest BCUT2D eigenvalue weighted by molar-refractivity contribution is 5.17. The van der Waals surface area contributed by atoms with E-state index in [1.807, 2.05) is 55.5 Å². The molecule has 2 nitrogen and oxygen atoms in total. The lowest BCUT2D eigenvalue weighted by molar-refractivity contribution is 0.0598. The zero-order chi connectivity index (χ0) is 13.6. The van der Waals surface area contributed by atoms with Gasteiger partial charge < -0.3 is 10.4 Å². The minimum atomic E-state index is -0.726. The fourth-order valence-corrected chi connectivity index (χ4v) is 2.17. The maximum absolute atomic E-state index is 10.4. The zero-order valence-corrected chi connectivity index (χ0v) is 11.3. The van der Waals surface area contributed by atoms with Crippen LogP contribution in [0.5, 0.6) is 0 Å². The maximum atomic E-state index is 10.4. The van der Waals surface area contributed by atoms with Gasteiger partial charge in [0.05, 0.1) is 5.60 Å². The summed E-state index contributed by atoms with van der Waals surface area (Å²) in [5.74, 6) is 0. The van der Waals surface area contributed by atoms with Crippen molar-refractivity contribution in [3.05, 3.63) is 71.8 Å². The van der Waals surface area contributed by atoms with Crippen LogP contribution in [0.2, 0.25) is 0 Å². The second kappa shape index (κ2) is 6.50. The standard InChI is InChI=1S/C17H21NO/c1-17(19,12-15-8-4-2-5-9-15)14-18-13-16-10-6-3-7-11-16/h2-11,18-19H,12-14H2,1H3/t17-/m1/s1. The van der Waals surface area contributed by atoms with Crippen LogP contribution in [0.15, 0.2) is 60.7 Å². The van der Waals surface area contributed by atoms with Crippen molar-refractivity contribution in [2.24, 2.45) is 0 Å². The first-order valence-corrected chi connectivity index (χ1v) is 6.67. The summed E-state index contributed by atoms with van der Waals surface area (Å²) in [6.07, 6.45) is 0.662. The van der Waals surface area contributed by atoms with Crippen LogP contribution in [-0.4, -0.2) is 17.3 Å². The lowest BCUT2D eigenvalue weighted by atomic mass is 9.96. The first-order chi connectivity index (χ1) is 9.16. The Morgan fingerprint density at radius 1 is 0.895 bits per heavy atom. The molecule has 0 fully saturated rings. The smallest absolute Gasteiger partial charge is 0.0783 e. The molecule has 2 aromatic rings. The molecule has 0 aromatic heterocycles. The summed E-state index contributed by atoms with van der Waals surface area (Å²) >= 11 is 0. The van der Waals surface area contributed by atoms with Gasteiger partial charge in [0, 0.05) is 19.5 Å². The fraction of sp³-hybridized carbons (Fsp3) is 0.294. The van der Waals surface area contributed by atoms with Crippen LogP contribution in [0, 0.1) is 0 Å². The molecule has 0 heterocycles. The van der Waals surface area contributed by atoms with E-state index < -0.39 is 5.60 Å². The molecule has 0 amide bonds. The number of benzene rings is 2. The van der Waals surface area contributed by atoms with Gasteiger partial charge in [-0.05, 0) is 18.1 Å². The van der Waals surface area contributed by atoms with Crippen LogP contribution < -0.4 is 5.32 Å². The van der Waals surface area contributed by atoms with Crippen molar-refractivity contribution < 1.29 is 5.11 Å². The van der Waals surface area contributed by atoms with Gasteiger partial charge in [0.2, 0.25) is 0 Å². The molecule has 1 atom stereocenters. The van der Waals surface area contributed by atoms with Gasteiger partial charge in [-0.25, -0.2) is 0 Å². The SMILES string of the molecule is C[C@](O)(CNCc1ccccc1)Cc1ccccc1. The van der Waals surface area contributed by atoms with Gasteiger partial charge in [-0.1, -0.05) is 60.7 Å². The Labute approximate surface area is 115 Å². The Hall–Kier alpha value is -1.64. The monoisotopic (exact) mass is 255 g/mol. The molecule has 0 radical (unpaired) electrons. The van der Waals surface area contributed by atoms with E-state index in [1.54, 1.807) is 0 Å². The lowest BCUT2D eigenvalue weighted by Gasteiger charge is -2.24. The summed E-state index contributed by atoms with van der Waals surface area (Å²) in [6, 6.07) is 20.3. The third-order valence-corrected chi connectivity index (χ3v) is 3.11. The summed E-state index contributed by atoms with van der Waals surface area (Å²) in [7, 11) is 0. The maximum Gasteiger partial charge on any atom is 0.0783 e. The molecule has 0 spiro atoms. The largest absolute Gasteiger partial charge is 0.389 e. The summed E-state index contributed by atoms with van der Waals surface area (Å²) in [5, 5.41) is 13.7. The number of nitrogens with one attached hydrogen (secondary N) is 1. The Balaban J connectivity index is 1.81. The molecule has 0 bridgehead atoms. The average molecular weight is 255 g/mol. The molecule has 0 unspecified atom stereocenters. The van der Waals surface area contributed by atoms with E-state index >= 15 is 0 Å². The lowest BCUT2D eigenvalue weighted by Crippen LogP contribution is -2.39. The third-order valence-electron chi connectivity index (χ3n) is 3.11. The molecule has 0 aliphatic heterocycles. The predicted octanol–water partition coefficient (Wildman–Crippen LogP) is 2.77. The number of aliphatic hydroxyl groups is 1. The molecule has 0 saturated heterocycles. The molecular weight excluding hydrogens is 234 g/mol. The van der Waals surface area contributed by atoms with E-state index in [9.17, 15) is 5.11 Å². The van der Waals surface area contributed by atoms with Crippen LogP contribution in [0.25, 0.3) is 0 Å². The summed E-state index contributed by atoms with van der Waals surface area (Å²) < 4.78 is 0. The van der Waals surface area contributed by atoms with Crippen LogP contribution in [0.4, 0.5) is 0 Å². The van der Waals surface area contributed by atoms with Crippen molar-refractivity contribution in [1.82, 2.24) is 5.32 Å². The molecule has 2 heteroatoms. The molecular formula is C17H21NO. The van der Waals surface area contributed by atoms with Gasteiger partial charge in [-0.2, -0.15) is 0 Å². The number of hydrogen-bond acceptors (Lipinski definition) is 2. The van der Waals surface area contributed by atoms with E-state index in [1.165, 1.54) is 5.56 Å². The van der Waals surface area contributed by atoms with Crippen LogP contribution in [0.1, 0.15) is 18.1 Å². The number of rotatable bonds is 6. The normalized spacial score (nSPS) is 14.0. The van der Waals surface area contributed by atoms with Gasteiger partial charge in [0.15, 0.2) is 0 Å². The molecule has 100 valence electrons. The highest BCUT2D eigenvalue weighted by Crippen LogP contribution is 2.12. The number of hydrogen-bond donors (Lipinski definition) is 2. The van der Waals surface area contributed by atoms with Crippen LogP contribution in [0.3, 0.4) is 0 Å². The van der Waals surface area contributed by atoms with E-state index in [0.717, 1.165) is 12.1 Å². The zero-order valence-electron chi connectivity index (χ0n) is 11.3. The van der Waals surface area contributed by atoms with Crippen molar-refractivity contribution in [2.45, 2.75) is 25.5 Å². The second-order valence-corrected chi connectivity index (χ2v) is 5.25. The highest BCUT2D eigenvalue weighted by atomic mass is 16.3. The minimum absolute atomic E-state index is 0.580. The van der Waals surface area contributed by atoms with Crippen molar-refractivity contribution in [1.29, 1.82) is 0 Å². The highest BCUT2D eigenvalue weighted by Gasteiger charge is 2.20. The Morgan fingerprint density at radius 2 is 1.42 bits per heavy atom. The van der Waals surface area contributed by atoms with E-state index in [0.29, 0.717) is 13.0 Å². The molecule has 0 aliphatic carbocycles. The topological polar surface area (TPSA) is 32.3 Å². The predicted molar refractivity (Wildman–Crippen MR) is 78.9 cm³/mol. The van der Waals surface area contributed by atoms with Gasteiger partial charge in [0.1, 0.15) is 0 Å². The van der Waals surface area contributed by atoms with Crippen molar-refractivity contribution in [3.8, 4) is 0 Å². The van der Waals surface area contributed by atoms with Crippen molar-refractivity contribution in [2.75, 3.05) is 6.54 Å². The van der Waals surface area contributed by atoms with Gasteiger partial charge in [-0.3, -0.25) is 0 Å². The van der Waals surface area contributed by atoms with Gasteiger partial charge in [0.25, 0.3) is 0 Å². The fourth-order valence-electron chi connectivity index (χ4n) is 2.17. The summed E-state index contributed by atoms with van der Waals surface area (Å²) in [6.45, 7) is 3.24. The molecule has 0 aliphatic rings. The van der Waals surface area contributed by atoms with Gasteiger partial charge >= 0.3 is 0 Å². The second-order valence-electron chi connectivity index (χ2n) is 5.25. The summed E-state index contributed by atoms with van der Waals surface area (Å²) in [5.41, 5.74) is 1.67. The third kappa shape index (κ3) is 4.86.